The van der Waals surface area contributed by atoms with Gasteiger partial charge in [0.15, 0.2) is 0 Å². The molecule has 3 aromatic heterocycles. The Hall–Kier alpha value is -4.92. The van der Waals surface area contributed by atoms with Crippen LogP contribution in [0.5, 0.6) is 0 Å². The first-order valence-electron chi connectivity index (χ1n) is 14.8. The number of fused-ring (bicyclic) bond motifs is 8. The van der Waals surface area contributed by atoms with Crippen molar-refractivity contribution < 1.29 is 29.7 Å². The van der Waals surface area contributed by atoms with Crippen molar-refractivity contribution in [3.63, 3.8) is 0 Å². The molecular formula is C35H37N3O6. The molecule has 0 amide bonds. The number of carbonyl (C=O) groups is 3. The number of aryl methyl sites for hydroxylation is 3. The van der Waals surface area contributed by atoms with Crippen molar-refractivity contribution in [2.45, 2.75) is 72.1 Å². The van der Waals surface area contributed by atoms with E-state index in [4.69, 9.17) is 4.98 Å². The molecule has 9 heteroatoms. The molecule has 9 nitrogen and oxygen atoms in total. The van der Waals surface area contributed by atoms with Gasteiger partial charge in [0.05, 0.1) is 23.4 Å². The van der Waals surface area contributed by atoms with E-state index in [1.165, 1.54) is 0 Å². The number of allylic oxidation sites excluding steroid dienone is 1. The first-order chi connectivity index (χ1) is 20.9. The fraction of sp³-hybridized carbons (Fsp3) is 0.314. The molecule has 2 atom stereocenters. The van der Waals surface area contributed by atoms with Crippen molar-refractivity contribution in [3.8, 4) is 0 Å². The van der Waals surface area contributed by atoms with Crippen LogP contribution >= 0.6 is 0 Å². The maximum atomic E-state index is 12.7. The number of aliphatic carboxylic acids is 3. The smallest absolute Gasteiger partial charge is 0.338 e. The Balaban J connectivity index is 2.04. The predicted octanol–water partition coefficient (Wildman–Crippen LogP) is 7.14. The number of rotatable bonds is 8. The van der Waals surface area contributed by atoms with Crippen LogP contribution in [0.4, 0.5) is 0 Å². The number of hydrogen-bond donors (Lipinski definition) is 5. The molecule has 0 aromatic carbocycles. The van der Waals surface area contributed by atoms with E-state index in [0.29, 0.717) is 22.4 Å². The van der Waals surface area contributed by atoms with Gasteiger partial charge < -0.3 is 25.3 Å². The molecule has 44 heavy (non-hydrogen) atoms. The number of aromatic amines is 2. The summed E-state index contributed by atoms with van der Waals surface area (Å²) in [5.41, 5.74) is 10.2. The van der Waals surface area contributed by atoms with Crippen LogP contribution in [0.3, 0.4) is 0 Å². The molecular weight excluding hydrogens is 558 g/mol. The minimum atomic E-state index is -1.20. The summed E-state index contributed by atoms with van der Waals surface area (Å²) >= 11 is 0. The lowest BCUT2D eigenvalue weighted by Crippen LogP contribution is -2.12. The molecule has 0 spiro atoms. The number of aromatic nitrogens is 3. The van der Waals surface area contributed by atoms with Gasteiger partial charge in [-0.2, -0.15) is 0 Å². The second-order valence-corrected chi connectivity index (χ2v) is 11.7. The molecule has 0 radical (unpaired) electrons. The summed E-state index contributed by atoms with van der Waals surface area (Å²) in [6.07, 6.45) is 2.22. The number of H-pyrrole nitrogens is 2. The van der Waals surface area contributed by atoms with Gasteiger partial charge in [-0.05, 0) is 103 Å². The minimum Gasteiger partial charge on any atom is -0.481 e. The number of nitrogens with one attached hydrogen (secondary N) is 2. The van der Waals surface area contributed by atoms with Crippen LogP contribution in [-0.4, -0.2) is 48.2 Å². The van der Waals surface area contributed by atoms with E-state index < -0.39 is 24.3 Å². The van der Waals surface area contributed by atoms with E-state index in [9.17, 15) is 29.7 Å². The maximum Gasteiger partial charge on any atom is 0.338 e. The third-order valence-electron chi connectivity index (χ3n) is 9.18. The van der Waals surface area contributed by atoms with Crippen molar-refractivity contribution in [1.29, 1.82) is 0 Å². The second-order valence-electron chi connectivity index (χ2n) is 11.7. The van der Waals surface area contributed by atoms with Gasteiger partial charge in [0.2, 0.25) is 0 Å². The van der Waals surface area contributed by atoms with Gasteiger partial charge in [0.1, 0.15) is 0 Å². The normalized spacial score (nSPS) is 16.3. The topological polar surface area (TPSA) is 156 Å². The Bertz CT molecular complexity index is 1940. The summed E-state index contributed by atoms with van der Waals surface area (Å²) in [5.74, 6) is -3.81. The Morgan fingerprint density at radius 1 is 0.909 bits per heavy atom. The highest BCUT2D eigenvalue weighted by Gasteiger charge is 2.34. The minimum absolute atomic E-state index is 0.0482. The fourth-order valence-corrected chi connectivity index (χ4v) is 6.77. The van der Waals surface area contributed by atoms with Gasteiger partial charge in [0, 0.05) is 34.1 Å². The Morgan fingerprint density at radius 2 is 1.59 bits per heavy atom. The lowest BCUT2D eigenvalue weighted by atomic mass is 9.84. The summed E-state index contributed by atoms with van der Waals surface area (Å²) in [5, 5.41) is 29.9. The van der Waals surface area contributed by atoms with Crippen LogP contribution in [0, 0.1) is 13.8 Å². The lowest BCUT2D eigenvalue weighted by molar-refractivity contribution is -0.138. The van der Waals surface area contributed by atoms with E-state index in [1.54, 1.807) is 6.92 Å². The molecule has 0 saturated heterocycles. The highest BCUT2D eigenvalue weighted by atomic mass is 16.4. The molecule has 1 aliphatic heterocycles. The molecule has 0 unspecified atom stereocenters. The Morgan fingerprint density at radius 3 is 2.20 bits per heavy atom. The Labute approximate surface area is 255 Å². The third kappa shape index (κ3) is 5.23. The zero-order valence-corrected chi connectivity index (χ0v) is 25.6. The summed E-state index contributed by atoms with van der Waals surface area (Å²) in [7, 11) is 0. The van der Waals surface area contributed by atoms with Crippen LogP contribution in [0.1, 0.15) is 95.8 Å². The van der Waals surface area contributed by atoms with Crippen LogP contribution in [0.25, 0.3) is 39.3 Å². The molecule has 5 rings (SSSR count). The summed E-state index contributed by atoms with van der Waals surface area (Å²) in [6, 6.07) is 7.79. The molecule has 2 aliphatic rings. The monoisotopic (exact) mass is 595 g/mol. The standard InChI is InChI=1S/C35H37N3O6/c1-7-21-17(4)26-12-20-11-24(23(16(20)3)9-10-31(39)40)25(13-32(41)42)34-33(35(43)44)19(6)28(38-34)15-30-22(8-2)18(5)27(37-30)14-29(21)36-26/h7,11-12,14-16,23,36-37H,1,8-10,13H2,2-6H3,(H,39,40)(H,41,42)(H,43,44)/t16-,23+/m1/s1. The quantitative estimate of drug-likeness (QED) is 0.185. The molecule has 8 bridgehead atoms. The summed E-state index contributed by atoms with van der Waals surface area (Å²) < 4.78 is 0. The average Bonchev–Trinajstić information content (AvgIpc) is 3.63. The average molecular weight is 596 g/mol. The van der Waals surface area contributed by atoms with E-state index in [1.807, 2.05) is 45.0 Å². The van der Waals surface area contributed by atoms with Crippen molar-refractivity contribution in [2.75, 3.05) is 0 Å². The number of carboxylic acids is 3. The molecule has 0 fully saturated rings. The van der Waals surface area contributed by atoms with Gasteiger partial charge in [-0.3, -0.25) is 9.59 Å². The fourth-order valence-electron chi connectivity index (χ4n) is 6.77. The van der Waals surface area contributed by atoms with Crippen LogP contribution < -0.4 is 0 Å². The van der Waals surface area contributed by atoms with Crippen LogP contribution in [-0.2, 0) is 27.2 Å². The highest BCUT2D eigenvalue weighted by molar-refractivity contribution is 6.24. The highest BCUT2D eigenvalue weighted by Crippen LogP contribution is 2.45. The van der Waals surface area contributed by atoms with E-state index >= 15 is 0 Å². The van der Waals surface area contributed by atoms with Gasteiger partial charge in [0.25, 0.3) is 0 Å². The molecule has 4 heterocycles. The van der Waals surface area contributed by atoms with Crippen molar-refractivity contribution in [3.05, 3.63) is 81.2 Å². The van der Waals surface area contributed by atoms with Crippen molar-refractivity contribution in [2.24, 2.45) is 0 Å². The number of carboxylic acid groups (broad SMARTS) is 3. The van der Waals surface area contributed by atoms with Gasteiger partial charge in [-0.1, -0.05) is 32.6 Å². The second kappa shape index (κ2) is 11.6. The predicted molar refractivity (Wildman–Crippen MR) is 172 cm³/mol. The molecule has 1 aliphatic carbocycles. The zero-order valence-electron chi connectivity index (χ0n) is 25.6. The number of nitrogens with zero attached hydrogens (tertiary/aromatic N) is 1. The van der Waals surface area contributed by atoms with Crippen LogP contribution in [0.15, 0.2) is 30.8 Å². The van der Waals surface area contributed by atoms with Gasteiger partial charge in [-0.25, -0.2) is 9.78 Å². The first-order valence-corrected chi connectivity index (χ1v) is 14.8. The molecule has 0 saturated carbocycles. The largest absolute Gasteiger partial charge is 0.481 e. The zero-order chi connectivity index (χ0) is 32.0. The van der Waals surface area contributed by atoms with Crippen molar-refractivity contribution >= 4 is 57.2 Å². The first kappa shape index (κ1) is 30.5. The molecule has 5 N–H and O–H groups in total. The maximum absolute atomic E-state index is 12.7. The molecule has 3 aromatic rings. The van der Waals surface area contributed by atoms with E-state index in [-0.39, 0.29) is 35.9 Å². The lowest BCUT2D eigenvalue weighted by Gasteiger charge is -2.20. The van der Waals surface area contributed by atoms with Gasteiger partial charge in [-0.15, -0.1) is 0 Å². The Kier molecular flexibility index (Phi) is 8.07. The van der Waals surface area contributed by atoms with Crippen molar-refractivity contribution in [1.82, 2.24) is 15.0 Å². The van der Waals surface area contributed by atoms with E-state index in [2.05, 4.69) is 29.5 Å². The van der Waals surface area contributed by atoms with E-state index in [0.717, 1.165) is 56.3 Å². The third-order valence-corrected chi connectivity index (χ3v) is 9.18. The summed E-state index contributed by atoms with van der Waals surface area (Å²) in [4.78, 5) is 48.5. The van der Waals surface area contributed by atoms with Gasteiger partial charge >= 0.3 is 17.9 Å². The SMILES string of the molecule is C=Cc1c(C)c2cc3cc(c(CC(=O)O)c4nc(cc5[nH]c(cc1[nH]2)c(C)c5CC)C(C)=C4C(=O)O)[C@@H](CCC(=O)O)[C@@H]3C. The van der Waals surface area contributed by atoms with Crippen LogP contribution in [0.2, 0.25) is 0 Å². The summed E-state index contributed by atoms with van der Waals surface area (Å²) in [6.45, 7) is 13.8. The number of hydrogen-bond acceptors (Lipinski definition) is 4. The molecule has 228 valence electrons.